The molecule has 41 heavy (non-hydrogen) atoms. The maximum atomic E-state index is 11.5. The molecule has 12 heteroatoms. The molecule has 10 nitrogen and oxygen atoms in total. The topological polar surface area (TPSA) is 206 Å². The summed E-state index contributed by atoms with van der Waals surface area (Å²) in [5, 5.41) is 0. The van der Waals surface area contributed by atoms with E-state index in [2.05, 4.69) is 66.7 Å². The normalized spacial score (nSPS) is 38.9. The van der Waals surface area contributed by atoms with E-state index in [1.807, 2.05) is 0 Å². The van der Waals surface area contributed by atoms with Crippen LogP contribution in [0.2, 0.25) is 0 Å². The predicted octanol–water partition coefficient (Wildman–Crippen LogP) is 6.49. The van der Waals surface area contributed by atoms with Crippen LogP contribution in [-0.4, -0.2) is 38.1 Å². The molecule has 0 spiro atoms. The highest BCUT2D eigenvalue weighted by Gasteiger charge is 2.60. The van der Waals surface area contributed by atoms with Crippen LogP contribution in [0.15, 0.2) is 23.8 Å². The van der Waals surface area contributed by atoms with E-state index in [4.69, 9.17) is 8.37 Å². The highest BCUT2D eigenvalue weighted by Crippen LogP contribution is 2.67. The highest BCUT2D eigenvalue weighted by molar-refractivity contribution is 7.81. The van der Waals surface area contributed by atoms with Crippen molar-refractivity contribution in [3.8, 4) is 0 Å². The van der Waals surface area contributed by atoms with Crippen molar-refractivity contribution in [1.82, 2.24) is 12.3 Å². The average Bonchev–Trinajstić information content (AvgIpc) is 3.12. The van der Waals surface area contributed by atoms with Gasteiger partial charge < -0.3 is 21.4 Å². The Labute approximate surface area is 248 Å². The largest absolute Gasteiger partial charge is 0.726 e. The minimum Gasteiger partial charge on any atom is -0.726 e. The average molecular weight is 623 g/mol. The van der Waals surface area contributed by atoms with Crippen molar-refractivity contribution in [3.63, 3.8) is 0 Å². The molecule has 0 radical (unpaired) electrons. The fourth-order valence-corrected chi connectivity index (χ4v) is 9.81. The first-order valence-corrected chi connectivity index (χ1v) is 17.1. The maximum Gasteiger partial charge on any atom is 0.218 e. The second kappa shape index (κ2) is 12.3. The van der Waals surface area contributed by atoms with Crippen LogP contribution in [0.25, 0.3) is 0 Å². The lowest BCUT2D eigenvalue weighted by atomic mass is 9.46. The predicted molar refractivity (Wildman–Crippen MR) is 159 cm³/mol. The van der Waals surface area contributed by atoms with E-state index in [0.29, 0.717) is 29.6 Å². The Balaban J connectivity index is 0.00000294. The van der Waals surface area contributed by atoms with Crippen LogP contribution in [-0.2, 0) is 29.2 Å². The van der Waals surface area contributed by atoms with E-state index in [0.717, 1.165) is 31.3 Å². The molecule has 3 fully saturated rings. The van der Waals surface area contributed by atoms with Gasteiger partial charge in [-0.25, -0.2) is 16.8 Å². The molecule has 5 unspecified atom stereocenters. The van der Waals surface area contributed by atoms with Gasteiger partial charge in [-0.3, -0.25) is 8.37 Å². The smallest absolute Gasteiger partial charge is 0.218 e. The van der Waals surface area contributed by atoms with Crippen molar-refractivity contribution < 1.29 is 34.3 Å². The van der Waals surface area contributed by atoms with Gasteiger partial charge in [0.25, 0.3) is 0 Å². The third-order valence-corrected chi connectivity index (χ3v) is 12.3. The molecular weight excluding hydrogens is 568 g/mol. The molecule has 8 N–H and O–H groups in total. The summed E-state index contributed by atoms with van der Waals surface area (Å²) in [5.74, 6) is 2.77. The van der Waals surface area contributed by atoms with Crippen molar-refractivity contribution >= 4 is 20.8 Å². The van der Waals surface area contributed by atoms with Crippen LogP contribution in [0.5, 0.6) is 0 Å². The van der Waals surface area contributed by atoms with Crippen molar-refractivity contribution in [2.45, 2.75) is 106 Å². The fraction of sp³-hybridized carbons (Fsp3) is 0.862. The lowest BCUT2D eigenvalue weighted by molar-refractivity contribution is -0.0778. The monoisotopic (exact) mass is 622 g/mol. The quantitative estimate of drug-likeness (QED) is 0.182. The Bertz CT molecular complexity index is 1210. The Morgan fingerprint density at radius 3 is 2.07 bits per heavy atom. The van der Waals surface area contributed by atoms with Gasteiger partial charge in [-0.05, 0) is 96.7 Å². The van der Waals surface area contributed by atoms with Crippen molar-refractivity contribution in [2.24, 2.45) is 51.8 Å². The molecule has 0 aliphatic heterocycles. The number of hydrogen-bond acceptors (Lipinski definition) is 8. The minimum atomic E-state index is -5.12. The number of hydrogen-bond donors (Lipinski definition) is 2. The van der Waals surface area contributed by atoms with E-state index in [9.17, 15) is 25.9 Å². The number of fused-ring (bicyclic) bond motifs is 5. The third-order valence-electron chi connectivity index (χ3n) is 11.3. The van der Waals surface area contributed by atoms with E-state index in [-0.39, 0.29) is 41.9 Å². The summed E-state index contributed by atoms with van der Waals surface area (Å²) in [7, 11) is -10.2. The Kier molecular flexibility index (Phi) is 10.9. The minimum absolute atomic E-state index is 0. The van der Waals surface area contributed by atoms with Gasteiger partial charge in [-0.2, -0.15) is 0 Å². The molecule has 4 rings (SSSR count). The summed E-state index contributed by atoms with van der Waals surface area (Å²) in [6, 6.07) is 0. The molecule has 3 saturated carbocycles. The molecule has 0 aromatic rings. The summed E-state index contributed by atoms with van der Waals surface area (Å²) >= 11 is 0. The summed E-state index contributed by atoms with van der Waals surface area (Å²) < 4.78 is 78.2. The zero-order chi connectivity index (χ0) is 29.2. The van der Waals surface area contributed by atoms with Gasteiger partial charge in [-0.15, -0.1) is 0 Å². The van der Waals surface area contributed by atoms with Crippen LogP contribution < -0.4 is 12.3 Å². The van der Waals surface area contributed by atoms with Gasteiger partial charge in [0.2, 0.25) is 20.8 Å². The van der Waals surface area contributed by atoms with Crippen LogP contribution in [0.4, 0.5) is 0 Å². The summed E-state index contributed by atoms with van der Waals surface area (Å²) in [4.78, 5) is 0. The van der Waals surface area contributed by atoms with Gasteiger partial charge in [0.15, 0.2) is 0 Å². The van der Waals surface area contributed by atoms with Gasteiger partial charge in [-0.1, -0.05) is 72.3 Å². The molecule has 240 valence electrons. The standard InChI is InChI=1S/C29H48O8S2.2H3N/c1-18(8-9-19(2)27(3,4)5)22-12-13-23-21-11-10-20-16-25(36-38(30,31)32)26(37-39(33,34)35)17-29(20,7)24(21)14-15-28(22,23)6;;/h8-10,18-19,21-26H,11-17H2,1-7H3,(H,30,31,32)(H,33,34,35);2*1H3/b9-8+;;/t18?,19?,21?,22-,23?,24?,25+,26+,28-,29+;;/m1../s1. The summed E-state index contributed by atoms with van der Waals surface area (Å²) in [5.41, 5.74) is 0.958. The molecule has 0 saturated heterocycles. The van der Waals surface area contributed by atoms with Gasteiger partial charge in [0.1, 0.15) is 12.2 Å². The second-order valence-electron chi connectivity index (χ2n) is 14.4. The van der Waals surface area contributed by atoms with Crippen molar-refractivity contribution in [3.05, 3.63) is 23.8 Å². The molecule has 0 aromatic heterocycles. The number of rotatable bonds is 7. The van der Waals surface area contributed by atoms with Crippen LogP contribution in [0.3, 0.4) is 0 Å². The fourth-order valence-electron chi connectivity index (χ4n) is 8.82. The van der Waals surface area contributed by atoms with E-state index >= 15 is 0 Å². The molecule has 0 amide bonds. The van der Waals surface area contributed by atoms with Gasteiger partial charge in [0, 0.05) is 0 Å². The number of quaternary nitrogens is 2. The third kappa shape index (κ3) is 7.45. The SMILES string of the molecule is CC(/C=C/C(C)C(C)(C)C)[C@H]1CCC2C3CC=C4C[C@H](OS(=O)(=O)[O-])[C@@H](OS(=O)(=O)[O-])C[C@]4(C)C3CC[C@@]21C.[NH4+].[NH4+]. The Hall–Kier alpha value is -0.860. The van der Waals surface area contributed by atoms with Crippen LogP contribution in [0.1, 0.15) is 93.4 Å². The lowest BCUT2D eigenvalue weighted by Gasteiger charge is -2.59. The molecule has 4 aliphatic carbocycles. The molecule has 0 heterocycles. The maximum absolute atomic E-state index is 11.5. The molecular formula is C29H54N2O8S2. The van der Waals surface area contributed by atoms with Crippen LogP contribution >= 0.6 is 0 Å². The van der Waals surface area contributed by atoms with Gasteiger partial charge in [0.05, 0.1) is 0 Å². The molecule has 10 atom stereocenters. The zero-order valence-corrected chi connectivity index (χ0v) is 28.0. The zero-order valence-electron chi connectivity index (χ0n) is 26.4. The number of allylic oxidation sites excluding steroid dienone is 3. The molecule has 0 aromatic carbocycles. The molecule has 0 bridgehead atoms. The van der Waals surface area contributed by atoms with Crippen molar-refractivity contribution in [1.29, 1.82) is 0 Å². The molecule has 4 aliphatic rings. The lowest BCUT2D eigenvalue weighted by Crippen LogP contribution is -2.54. The Morgan fingerprint density at radius 1 is 0.927 bits per heavy atom. The first kappa shape index (κ1) is 36.3. The second-order valence-corrected chi connectivity index (χ2v) is 16.4. The Morgan fingerprint density at radius 2 is 1.51 bits per heavy atom. The summed E-state index contributed by atoms with van der Waals surface area (Å²) in [6.07, 6.45) is 9.75. The van der Waals surface area contributed by atoms with Crippen LogP contribution in [0, 0.1) is 51.8 Å². The van der Waals surface area contributed by atoms with Gasteiger partial charge >= 0.3 is 0 Å². The highest BCUT2D eigenvalue weighted by atomic mass is 32.3. The first-order chi connectivity index (χ1) is 17.7. The van der Waals surface area contributed by atoms with E-state index in [1.165, 1.54) is 6.42 Å². The van der Waals surface area contributed by atoms with Crippen molar-refractivity contribution in [2.75, 3.05) is 0 Å². The summed E-state index contributed by atoms with van der Waals surface area (Å²) in [6.45, 7) is 16.0. The van der Waals surface area contributed by atoms with E-state index in [1.54, 1.807) is 0 Å². The van der Waals surface area contributed by atoms with E-state index < -0.39 is 38.4 Å². The first-order valence-electron chi connectivity index (χ1n) is 14.4.